The molecule has 0 aromatic carbocycles. The molecule has 1 fully saturated rings. The first-order chi connectivity index (χ1) is 10.4. The third kappa shape index (κ3) is 4.04. The van der Waals surface area contributed by atoms with E-state index in [1.54, 1.807) is 12.3 Å². The summed E-state index contributed by atoms with van der Waals surface area (Å²) in [5, 5.41) is 12.1. The van der Waals surface area contributed by atoms with Crippen molar-refractivity contribution in [2.75, 3.05) is 18.4 Å². The fourth-order valence-corrected chi connectivity index (χ4v) is 2.71. The molecule has 120 valence electrons. The van der Waals surface area contributed by atoms with Crippen molar-refractivity contribution < 1.29 is 14.7 Å². The number of carboxylic acids is 1. The van der Waals surface area contributed by atoms with Crippen molar-refractivity contribution >= 4 is 17.6 Å². The van der Waals surface area contributed by atoms with Gasteiger partial charge in [0.1, 0.15) is 0 Å². The number of piperidine rings is 1. The molecule has 22 heavy (non-hydrogen) atoms. The highest BCUT2D eigenvalue weighted by atomic mass is 16.4. The first-order valence-electron chi connectivity index (χ1n) is 7.57. The van der Waals surface area contributed by atoms with Gasteiger partial charge >= 0.3 is 5.97 Å². The summed E-state index contributed by atoms with van der Waals surface area (Å²) in [6, 6.07) is 3.85. The van der Waals surface area contributed by atoms with Crippen LogP contribution in [-0.4, -0.2) is 46.0 Å². The number of nitrogens with one attached hydrogen (secondary N) is 1. The molecule has 6 heteroatoms. The molecule has 1 amide bonds. The Morgan fingerprint density at radius 2 is 2.00 bits per heavy atom. The van der Waals surface area contributed by atoms with E-state index in [-0.39, 0.29) is 17.9 Å². The van der Waals surface area contributed by atoms with Gasteiger partial charge in [-0.05, 0) is 39.3 Å². The van der Waals surface area contributed by atoms with Gasteiger partial charge in [-0.1, -0.05) is 0 Å². The molecule has 1 aliphatic heterocycles. The summed E-state index contributed by atoms with van der Waals surface area (Å²) in [6.07, 6.45) is 1.99. The van der Waals surface area contributed by atoms with Crippen LogP contribution in [0.1, 0.15) is 26.0 Å². The van der Waals surface area contributed by atoms with Gasteiger partial charge in [-0.2, -0.15) is 0 Å². The molecule has 0 aliphatic carbocycles. The molecule has 6 nitrogen and oxygen atoms in total. The second-order valence-electron chi connectivity index (χ2n) is 6.19. The summed E-state index contributed by atoms with van der Waals surface area (Å²) in [7, 11) is 0. The van der Waals surface area contributed by atoms with Gasteiger partial charge in [0.25, 0.3) is 0 Å². The van der Waals surface area contributed by atoms with Crippen LogP contribution in [0.5, 0.6) is 0 Å². The molecule has 0 spiro atoms. The van der Waals surface area contributed by atoms with E-state index in [4.69, 9.17) is 0 Å². The van der Waals surface area contributed by atoms with Crippen molar-refractivity contribution in [2.45, 2.75) is 33.2 Å². The maximum atomic E-state index is 12.4. The fourth-order valence-electron chi connectivity index (χ4n) is 2.71. The van der Waals surface area contributed by atoms with E-state index in [9.17, 15) is 14.7 Å². The number of aryl methyl sites for hydroxylation is 1. The number of aromatic nitrogens is 1. The molecular weight excluding hydrogens is 282 g/mol. The van der Waals surface area contributed by atoms with Crippen molar-refractivity contribution in [2.24, 2.45) is 11.8 Å². The Kier molecular flexibility index (Phi) is 5.13. The third-order valence-electron chi connectivity index (χ3n) is 4.11. The zero-order chi connectivity index (χ0) is 16.3. The highest BCUT2D eigenvalue weighted by molar-refractivity contribution is 5.93. The van der Waals surface area contributed by atoms with E-state index >= 15 is 0 Å². The van der Waals surface area contributed by atoms with Crippen LogP contribution >= 0.6 is 0 Å². The molecule has 0 radical (unpaired) electrons. The molecule has 2 rings (SSSR count). The van der Waals surface area contributed by atoms with E-state index in [0.29, 0.717) is 25.2 Å². The summed E-state index contributed by atoms with van der Waals surface area (Å²) in [6.45, 7) is 7.01. The monoisotopic (exact) mass is 305 g/mol. The molecule has 1 aromatic rings. The quantitative estimate of drug-likeness (QED) is 0.885. The number of nitrogens with zero attached hydrogens (tertiary/aromatic N) is 2. The maximum Gasteiger partial charge on any atom is 0.307 e. The van der Waals surface area contributed by atoms with E-state index in [1.807, 2.05) is 26.8 Å². The van der Waals surface area contributed by atoms with Crippen molar-refractivity contribution in [1.29, 1.82) is 0 Å². The summed E-state index contributed by atoms with van der Waals surface area (Å²) < 4.78 is 0. The van der Waals surface area contributed by atoms with Crippen molar-refractivity contribution in [3.8, 4) is 0 Å². The Hall–Kier alpha value is -1.95. The summed E-state index contributed by atoms with van der Waals surface area (Å²) in [4.78, 5) is 29.9. The Bertz CT molecular complexity index is 542. The molecule has 0 saturated carbocycles. The number of anilines is 1. The molecule has 1 saturated heterocycles. The molecule has 2 N–H and O–H groups in total. The second kappa shape index (κ2) is 6.87. The van der Waals surface area contributed by atoms with Gasteiger partial charge in [-0.25, -0.2) is 0 Å². The van der Waals surface area contributed by atoms with Crippen molar-refractivity contribution in [3.63, 3.8) is 0 Å². The molecule has 1 aromatic heterocycles. The van der Waals surface area contributed by atoms with Crippen LogP contribution in [0.3, 0.4) is 0 Å². The van der Waals surface area contributed by atoms with Gasteiger partial charge in [0.2, 0.25) is 5.91 Å². The SMILES string of the molecule is Cc1ccc(NC(=O)[C@@H]2C[C@H](C(=O)O)CN(C(C)C)C2)cn1. The van der Waals surface area contributed by atoms with Gasteiger partial charge in [0.15, 0.2) is 0 Å². The zero-order valence-corrected chi connectivity index (χ0v) is 13.2. The Morgan fingerprint density at radius 1 is 1.32 bits per heavy atom. The number of likely N-dealkylation sites (tertiary alicyclic amines) is 1. The number of rotatable bonds is 4. The van der Waals surface area contributed by atoms with Crippen LogP contribution in [0.4, 0.5) is 5.69 Å². The number of carboxylic acid groups (broad SMARTS) is 1. The van der Waals surface area contributed by atoms with Gasteiger partial charge in [-0.3, -0.25) is 19.5 Å². The Morgan fingerprint density at radius 3 is 2.55 bits per heavy atom. The number of aliphatic carboxylic acids is 1. The lowest BCUT2D eigenvalue weighted by Crippen LogP contribution is -2.49. The molecule has 0 bridgehead atoms. The average molecular weight is 305 g/mol. The maximum absolute atomic E-state index is 12.4. The highest BCUT2D eigenvalue weighted by Crippen LogP contribution is 2.25. The topological polar surface area (TPSA) is 82.5 Å². The minimum Gasteiger partial charge on any atom is -0.481 e. The van der Waals surface area contributed by atoms with E-state index in [1.165, 1.54) is 0 Å². The lowest BCUT2D eigenvalue weighted by atomic mass is 9.88. The third-order valence-corrected chi connectivity index (χ3v) is 4.11. The Balaban J connectivity index is 2.06. The minimum absolute atomic E-state index is 0.137. The predicted octanol–water partition coefficient (Wildman–Crippen LogP) is 1.76. The largest absolute Gasteiger partial charge is 0.481 e. The minimum atomic E-state index is -0.833. The summed E-state index contributed by atoms with van der Waals surface area (Å²) in [5.41, 5.74) is 1.52. The number of amides is 1. The number of carbonyl (C=O) groups excluding carboxylic acids is 1. The van der Waals surface area contributed by atoms with Crippen molar-refractivity contribution in [1.82, 2.24) is 9.88 Å². The number of hydrogen-bond acceptors (Lipinski definition) is 4. The van der Waals surface area contributed by atoms with Crippen LogP contribution in [0.25, 0.3) is 0 Å². The van der Waals surface area contributed by atoms with Gasteiger partial charge in [0, 0.05) is 24.8 Å². The summed E-state index contributed by atoms with van der Waals surface area (Å²) >= 11 is 0. The van der Waals surface area contributed by atoms with Gasteiger partial charge in [0.05, 0.1) is 23.7 Å². The predicted molar refractivity (Wildman–Crippen MR) is 83.5 cm³/mol. The molecule has 0 unspecified atom stereocenters. The normalized spacial score (nSPS) is 22.5. The van der Waals surface area contributed by atoms with Crippen LogP contribution in [0, 0.1) is 18.8 Å². The second-order valence-corrected chi connectivity index (χ2v) is 6.19. The highest BCUT2D eigenvalue weighted by Gasteiger charge is 2.35. The average Bonchev–Trinajstić information content (AvgIpc) is 2.49. The fraction of sp³-hybridized carbons (Fsp3) is 0.562. The van der Waals surface area contributed by atoms with Crippen LogP contribution in [0.2, 0.25) is 0 Å². The molecule has 2 atom stereocenters. The van der Waals surface area contributed by atoms with Crippen molar-refractivity contribution in [3.05, 3.63) is 24.0 Å². The molecule has 1 aliphatic rings. The zero-order valence-electron chi connectivity index (χ0n) is 13.2. The smallest absolute Gasteiger partial charge is 0.307 e. The van der Waals surface area contributed by atoms with Crippen LogP contribution in [0.15, 0.2) is 18.3 Å². The standard InChI is InChI=1S/C16H23N3O3/c1-10(2)19-8-12(6-13(9-19)16(21)22)15(20)18-14-5-4-11(3)17-7-14/h4-5,7,10,12-13H,6,8-9H2,1-3H3,(H,18,20)(H,21,22)/t12-,13+/m1/s1. The van der Waals surface area contributed by atoms with E-state index in [0.717, 1.165) is 5.69 Å². The molecule has 2 heterocycles. The van der Waals surface area contributed by atoms with Gasteiger partial charge < -0.3 is 10.4 Å². The van der Waals surface area contributed by atoms with Gasteiger partial charge in [-0.15, -0.1) is 0 Å². The number of pyridine rings is 1. The first kappa shape index (κ1) is 16.4. The number of carbonyl (C=O) groups is 2. The first-order valence-corrected chi connectivity index (χ1v) is 7.57. The lowest BCUT2D eigenvalue weighted by Gasteiger charge is -2.37. The van der Waals surface area contributed by atoms with E-state index < -0.39 is 11.9 Å². The Labute approximate surface area is 130 Å². The molecular formula is C16H23N3O3. The lowest BCUT2D eigenvalue weighted by molar-refractivity contribution is -0.145. The van der Waals surface area contributed by atoms with E-state index in [2.05, 4.69) is 15.2 Å². The van der Waals surface area contributed by atoms with Crippen LogP contribution in [-0.2, 0) is 9.59 Å². The number of hydrogen-bond donors (Lipinski definition) is 2. The summed E-state index contributed by atoms with van der Waals surface area (Å²) in [5.74, 6) is -1.79. The van der Waals surface area contributed by atoms with Crippen LogP contribution < -0.4 is 5.32 Å².